The highest BCUT2D eigenvalue weighted by Crippen LogP contribution is 2.67. The molecule has 0 aromatic carbocycles. The van der Waals surface area contributed by atoms with E-state index in [1.165, 1.54) is 38.5 Å². The number of ketones is 1. The zero-order valence-corrected chi connectivity index (χ0v) is 21.8. The molecule has 0 aliphatic heterocycles. The summed E-state index contributed by atoms with van der Waals surface area (Å²) in [6.07, 6.45) is 15.1. The van der Waals surface area contributed by atoms with Gasteiger partial charge >= 0.3 is 0 Å². The van der Waals surface area contributed by atoms with Gasteiger partial charge in [-0.1, -0.05) is 38.3 Å². The van der Waals surface area contributed by atoms with Crippen molar-refractivity contribution in [2.24, 2.45) is 40.4 Å². The molecule has 4 rings (SSSR count). The van der Waals surface area contributed by atoms with Crippen LogP contribution in [0.4, 0.5) is 0 Å². The molecule has 0 amide bonds. The minimum atomic E-state index is -0.196. The summed E-state index contributed by atoms with van der Waals surface area (Å²) in [5.41, 5.74) is 1.62. The smallest absolute Gasteiger partial charge is 0.147 e. The quantitative estimate of drug-likeness (QED) is 0.290. The third-order valence-electron chi connectivity index (χ3n) is 10.4. The van der Waals surface area contributed by atoms with E-state index in [1.807, 2.05) is 0 Å². The minimum absolute atomic E-state index is 0.0562. The van der Waals surface area contributed by atoms with Gasteiger partial charge in [-0.15, -0.1) is 0 Å². The number of hydrogen-bond acceptors (Lipinski definition) is 4. The lowest BCUT2D eigenvalue weighted by Gasteiger charge is -2.45. The Morgan fingerprint density at radius 1 is 1.24 bits per heavy atom. The molecule has 0 spiro atoms. The Hall–Kier alpha value is -0.710. The average molecular weight is 461 g/mol. The van der Waals surface area contributed by atoms with Gasteiger partial charge in [0.05, 0.1) is 12.2 Å². The van der Waals surface area contributed by atoms with E-state index in [1.54, 1.807) is 12.7 Å². The first-order valence-corrected chi connectivity index (χ1v) is 13.7. The Balaban J connectivity index is 1.40. The zero-order valence-electron chi connectivity index (χ0n) is 21.8. The number of carbonyl (C=O) groups excluding carboxylic acids is 1. The van der Waals surface area contributed by atoms with E-state index in [0.29, 0.717) is 35.7 Å². The number of aliphatic hydroxyl groups excluding tert-OH is 1. The van der Waals surface area contributed by atoms with Gasteiger partial charge in [-0.05, 0) is 94.3 Å². The molecule has 188 valence electrons. The van der Waals surface area contributed by atoms with Crippen LogP contribution in [0.2, 0.25) is 0 Å². The topological polar surface area (TPSA) is 55.8 Å². The second-order valence-electron chi connectivity index (χ2n) is 12.7. The van der Waals surface area contributed by atoms with Crippen molar-refractivity contribution in [3.63, 3.8) is 0 Å². The Labute approximate surface area is 201 Å². The molecule has 4 saturated carbocycles. The van der Waals surface area contributed by atoms with Gasteiger partial charge in [0.15, 0.2) is 0 Å². The van der Waals surface area contributed by atoms with E-state index < -0.39 is 0 Å². The normalized spacial score (nSPS) is 38.9. The molecule has 4 fully saturated rings. The summed E-state index contributed by atoms with van der Waals surface area (Å²) in [4.78, 5) is 12.7. The van der Waals surface area contributed by atoms with E-state index in [4.69, 9.17) is 9.47 Å². The molecule has 0 bridgehead atoms. The fourth-order valence-corrected chi connectivity index (χ4v) is 8.43. The number of fused-ring (bicyclic) bond motifs is 2. The van der Waals surface area contributed by atoms with E-state index in [0.717, 1.165) is 38.0 Å². The number of hydrogen-bond donors (Lipinski definition) is 1. The molecule has 1 N–H and O–H groups in total. The van der Waals surface area contributed by atoms with Gasteiger partial charge in [0.2, 0.25) is 0 Å². The molecule has 0 unspecified atom stereocenters. The summed E-state index contributed by atoms with van der Waals surface area (Å²) in [5, 5.41) is 10.3. The van der Waals surface area contributed by atoms with Crippen molar-refractivity contribution in [1.82, 2.24) is 0 Å². The van der Waals surface area contributed by atoms with E-state index in [2.05, 4.69) is 33.8 Å². The van der Waals surface area contributed by atoms with Crippen LogP contribution in [0.5, 0.6) is 0 Å². The molecule has 0 saturated heterocycles. The molecule has 0 aromatic rings. The second kappa shape index (κ2) is 9.74. The number of ether oxygens (including phenoxy) is 2. The summed E-state index contributed by atoms with van der Waals surface area (Å²) in [6, 6.07) is 0. The van der Waals surface area contributed by atoms with Gasteiger partial charge in [0, 0.05) is 24.9 Å². The highest BCUT2D eigenvalue weighted by molar-refractivity contribution is 5.91. The van der Waals surface area contributed by atoms with Crippen LogP contribution >= 0.6 is 0 Å². The summed E-state index contributed by atoms with van der Waals surface area (Å²) in [6.45, 7) is 9.85. The summed E-state index contributed by atoms with van der Waals surface area (Å²) in [5.74, 6) is 3.15. The molecule has 0 aromatic heterocycles. The second-order valence-corrected chi connectivity index (χ2v) is 12.7. The van der Waals surface area contributed by atoms with Gasteiger partial charge in [0.25, 0.3) is 0 Å². The largest absolute Gasteiger partial charge is 0.396 e. The van der Waals surface area contributed by atoms with Crippen molar-refractivity contribution in [1.29, 1.82) is 0 Å². The van der Waals surface area contributed by atoms with E-state index in [9.17, 15) is 9.90 Å². The molecule has 4 nitrogen and oxygen atoms in total. The van der Waals surface area contributed by atoms with Gasteiger partial charge < -0.3 is 14.6 Å². The molecular formula is C29H48O4. The number of allylic oxidation sites excluding steroid dienone is 1. The SMILES string of the molecule is COCOC(C)(C)CCC[C@@H](C)[C@H]1CC[C@H]2/C(=C/[C@@H](CO)[C@]34C[C@H]3CCC4=O)CCC[C@]12C. The van der Waals surface area contributed by atoms with Crippen molar-refractivity contribution >= 4 is 5.78 Å². The maximum atomic E-state index is 12.7. The maximum absolute atomic E-state index is 12.7. The predicted octanol–water partition coefficient (Wildman–Crippen LogP) is 6.31. The molecule has 33 heavy (non-hydrogen) atoms. The first kappa shape index (κ1) is 25.4. The Bertz CT molecular complexity index is 742. The van der Waals surface area contributed by atoms with Gasteiger partial charge in [0.1, 0.15) is 12.6 Å². The van der Waals surface area contributed by atoms with Gasteiger partial charge in [-0.25, -0.2) is 0 Å². The Morgan fingerprint density at radius 2 is 2.03 bits per heavy atom. The van der Waals surface area contributed by atoms with Crippen molar-refractivity contribution in [2.45, 2.75) is 104 Å². The summed E-state index contributed by atoms with van der Waals surface area (Å²) >= 11 is 0. The van der Waals surface area contributed by atoms with Crippen molar-refractivity contribution in [3.05, 3.63) is 11.6 Å². The molecule has 0 heterocycles. The van der Waals surface area contributed by atoms with Crippen LogP contribution in [-0.2, 0) is 14.3 Å². The molecule has 0 radical (unpaired) electrons. The zero-order chi connectivity index (χ0) is 23.9. The molecular weight excluding hydrogens is 412 g/mol. The van der Waals surface area contributed by atoms with Crippen LogP contribution in [0.15, 0.2) is 11.6 Å². The van der Waals surface area contributed by atoms with Gasteiger partial charge in [-0.2, -0.15) is 0 Å². The highest BCUT2D eigenvalue weighted by atomic mass is 16.7. The van der Waals surface area contributed by atoms with Gasteiger partial charge in [-0.3, -0.25) is 4.79 Å². The van der Waals surface area contributed by atoms with E-state index in [-0.39, 0.29) is 23.5 Å². The number of methoxy groups -OCH3 is 1. The monoisotopic (exact) mass is 460 g/mol. The lowest BCUT2D eigenvalue weighted by molar-refractivity contribution is -0.124. The third-order valence-corrected chi connectivity index (χ3v) is 10.4. The van der Waals surface area contributed by atoms with Crippen molar-refractivity contribution < 1.29 is 19.4 Å². The first-order valence-electron chi connectivity index (χ1n) is 13.7. The van der Waals surface area contributed by atoms with Crippen molar-refractivity contribution in [2.75, 3.05) is 20.5 Å². The first-order chi connectivity index (χ1) is 15.7. The van der Waals surface area contributed by atoms with Crippen LogP contribution in [0.25, 0.3) is 0 Å². The number of rotatable bonds is 11. The standard InChI is InChI=1S/C29H48O4/c1-20(8-6-14-27(2,3)33-19-32-5)24-11-12-25-21(9-7-15-28(24,25)4)16-23(18-30)29-17-22(29)10-13-26(29)31/h16,20,22-25,30H,6-15,17-19H2,1-5H3/b21-16+/t20-,22-,23+,24-,25+,28-,29+/m1/s1. The minimum Gasteiger partial charge on any atom is -0.396 e. The maximum Gasteiger partial charge on any atom is 0.147 e. The Kier molecular flexibility index (Phi) is 7.49. The Morgan fingerprint density at radius 3 is 2.67 bits per heavy atom. The molecule has 4 aliphatic carbocycles. The van der Waals surface area contributed by atoms with Crippen LogP contribution in [-0.4, -0.2) is 37.0 Å². The molecule has 4 heteroatoms. The van der Waals surface area contributed by atoms with E-state index >= 15 is 0 Å². The van der Waals surface area contributed by atoms with Crippen LogP contribution in [0.1, 0.15) is 98.3 Å². The van der Waals surface area contributed by atoms with Crippen LogP contribution in [0.3, 0.4) is 0 Å². The number of carbonyl (C=O) groups is 1. The molecule has 7 atom stereocenters. The number of aliphatic hydroxyl groups is 1. The summed E-state index contributed by atoms with van der Waals surface area (Å²) < 4.78 is 10.9. The lowest BCUT2D eigenvalue weighted by Crippen LogP contribution is -2.36. The van der Waals surface area contributed by atoms with Crippen LogP contribution < -0.4 is 0 Å². The lowest BCUT2D eigenvalue weighted by atomic mass is 9.60. The fourth-order valence-electron chi connectivity index (χ4n) is 8.43. The fraction of sp³-hybridized carbons (Fsp3) is 0.897. The third kappa shape index (κ3) is 4.74. The number of Topliss-reactive ketones (excluding diaryl/α,β-unsaturated/α-hetero) is 1. The van der Waals surface area contributed by atoms with Crippen molar-refractivity contribution in [3.8, 4) is 0 Å². The molecule has 4 aliphatic rings. The highest BCUT2D eigenvalue weighted by Gasteiger charge is 2.66. The predicted molar refractivity (Wildman–Crippen MR) is 132 cm³/mol. The van der Waals surface area contributed by atoms with Crippen LogP contribution in [0, 0.1) is 40.4 Å². The average Bonchev–Trinajstić information content (AvgIpc) is 3.27. The summed E-state index contributed by atoms with van der Waals surface area (Å²) in [7, 11) is 1.68.